The van der Waals surface area contributed by atoms with Gasteiger partial charge in [0.05, 0.1) is 15.5 Å². The standard InChI is InChI=1S/C16H10N2O4S2/c19-13-3-1-2-10(8-13)9-14-15(20)17(16(23)24-14)11-4-6-12(7-5-11)18(21)22/h1-9,19H. The van der Waals surface area contributed by atoms with Crippen molar-refractivity contribution in [3.8, 4) is 5.75 Å². The zero-order chi connectivity index (χ0) is 17.3. The topological polar surface area (TPSA) is 83.7 Å². The Bertz CT molecular complexity index is 878. The fourth-order valence-corrected chi connectivity index (χ4v) is 3.48. The van der Waals surface area contributed by atoms with Gasteiger partial charge in [0.1, 0.15) is 5.75 Å². The molecule has 24 heavy (non-hydrogen) atoms. The van der Waals surface area contributed by atoms with Crippen molar-refractivity contribution in [2.45, 2.75) is 0 Å². The third-order valence-corrected chi connectivity index (χ3v) is 4.58. The van der Waals surface area contributed by atoms with Crippen molar-refractivity contribution < 1.29 is 14.8 Å². The summed E-state index contributed by atoms with van der Waals surface area (Å²) >= 11 is 6.39. The molecule has 0 aliphatic carbocycles. The Labute approximate surface area is 146 Å². The van der Waals surface area contributed by atoms with Gasteiger partial charge in [-0.15, -0.1) is 0 Å². The SMILES string of the molecule is O=C1C(=Cc2cccc(O)c2)SC(=S)N1c1ccc([N+](=O)[O-])cc1. The number of benzene rings is 2. The van der Waals surface area contributed by atoms with Crippen LogP contribution in [-0.2, 0) is 4.79 Å². The van der Waals surface area contributed by atoms with Gasteiger partial charge in [-0.05, 0) is 35.9 Å². The number of carbonyl (C=O) groups is 1. The van der Waals surface area contributed by atoms with Crippen LogP contribution in [0.1, 0.15) is 5.56 Å². The number of phenols is 1. The molecule has 2 aromatic rings. The van der Waals surface area contributed by atoms with Crippen molar-refractivity contribution >= 4 is 51.7 Å². The van der Waals surface area contributed by atoms with Gasteiger partial charge >= 0.3 is 0 Å². The number of rotatable bonds is 3. The third-order valence-electron chi connectivity index (χ3n) is 3.28. The molecule has 1 saturated heterocycles. The molecule has 1 N–H and O–H groups in total. The molecule has 0 bridgehead atoms. The van der Waals surface area contributed by atoms with E-state index >= 15 is 0 Å². The van der Waals surface area contributed by atoms with Gasteiger partial charge < -0.3 is 5.11 Å². The number of thioether (sulfide) groups is 1. The fourth-order valence-electron chi connectivity index (χ4n) is 2.18. The van der Waals surface area contributed by atoms with Gasteiger partial charge in [0.15, 0.2) is 4.32 Å². The van der Waals surface area contributed by atoms with E-state index < -0.39 is 4.92 Å². The molecule has 0 saturated carbocycles. The van der Waals surface area contributed by atoms with Crippen LogP contribution >= 0.6 is 24.0 Å². The number of carbonyl (C=O) groups excluding carboxylic acids is 1. The molecule has 2 aromatic carbocycles. The smallest absolute Gasteiger partial charge is 0.270 e. The minimum atomic E-state index is -0.504. The second-order valence-electron chi connectivity index (χ2n) is 4.89. The molecule has 1 heterocycles. The number of nitrogens with zero attached hydrogens (tertiary/aromatic N) is 2. The Morgan fingerprint density at radius 2 is 1.92 bits per heavy atom. The predicted octanol–water partition coefficient (Wildman–Crippen LogP) is 3.71. The Morgan fingerprint density at radius 3 is 2.54 bits per heavy atom. The van der Waals surface area contributed by atoms with Crippen molar-refractivity contribution in [1.29, 1.82) is 0 Å². The highest BCUT2D eigenvalue weighted by molar-refractivity contribution is 8.27. The van der Waals surface area contributed by atoms with Crippen LogP contribution < -0.4 is 4.90 Å². The van der Waals surface area contributed by atoms with Gasteiger partial charge in [0, 0.05) is 12.1 Å². The first-order valence-electron chi connectivity index (χ1n) is 6.77. The van der Waals surface area contributed by atoms with Gasteiger partial charge in [-0.2, -0.15) is 0 Å². The van der Waals surface area contributed by atoms with E-state index in [4.69, 9.17) is 12.2 Å². The number of non-ortho nitro benzene ring substituents is 1. The second-order valence-corrected chi connectivity index (χ2v) is 6.56. The minimum absolute atomic E-state index is 0.0560. The molecule has 0 aromatic heterocycles. The zero-order valence-corrected chi connectivity index (χ0v) is 13.7. The number of phenolic OH excluding ortho intramolecular Hbond substituents is 1. The van der Waals surface area contributed by atoms with Gasteiger partial charge in [0.2, 0.25) is 0 Å². The number of anilines is 1. The van der Waals surface area contributed by atoms with Crippen LogP contribution in [0.25, 0.3) is 6.08 Å². The number of hydrogen-bond donors (Lipinski definition) is 1. The summed E-state index contributed by atoms with van der Waals surface area (Å²) in [4.78, 5) is 24.5. The molecule has 6 nitrogen and oxygen atoms in total. The Balaban J connectivity index is 1.90. The summed E-state index contributed by atoms with van der Waals surface area (Å²) in [5, 5.41) is 20.2. The number of thiocarbonyl (C=S) groups is 1. The quantitative estimate of drug-likeness (QED) is 0.390. The Morgan fingerprint density at radius 1 is 1.21 bits per heavy atom. The lowest BCUT2D eigenvalue weighted by Crippen LogP contribution is -2.27. The van der Waals surface area contributed by atoms with E-state index in [0.717, 1.165) is 11.8 Å². The monoisotopic (exact) mass is 358 g/mol. The lowest BCUT2D eigenvalue weighted by molar-refractivity contribution is -0.384. The lowest BCUT2D eigenvalue weighted by Gasteiger charge is -2.13. The van der Waals surface area contributed by atoms with Crippen LogP contribution in [-0.4, -0.2) is 20.3 Å². The van der Waals surface area contributed by atoms with E-state index in [0.29, 0.717) is 20.5 Å². The van der Waals surface area contributed by atoms with E-state index in [1.807, 2.05) is 0 Å². The Hall–Kier alpha value is -2.71. The highest BCUT2D eigenvalue weighted by atomic mass is 32.2. The summed E-state index contributed by atoms with van der Waals surface area (Å²) in [5.41, 5.74) is 1.10. The van der Waals surface area contributed by atoms with Crippen molar-refractivity contribution in [3.05, 3.63) is 69.1 Å². The van der Waals surface area contributed by atoms with Crippen LogP contribution in [0.3, 0.4) is 0 Å². The first-order chi connectivity index (χ1) is 11.5. The molecular weight excluding hydrogens is 348 g/mol. The van der Waals surface area contributed by atoms with E-state index in [9.17, 15) is 20.0 Å². The molecule has 1 fully saturated rings. The molecule has 0 atom stereocenters. The van der Waals surface area contributed by atoms with Gasteiger partial charge in [-0.3, -0.25) is 19.8 Å². The summed E-state index contributed by atoms with van der Waals surface area (Å²) < 4.78 is 0.347. The normalized spacial score (nSPS) is 16.0. The third kappa shape index (κ3) is 3.15. The van der Waals surface area contributed by atoms with Crippen LogP contribution in [0, 0.1) is 10.1 Å². The van der Waals surface area contributed by atoms with E-state index in [2.05, 4.69) is 0 Å². The molecule has 1 aliphatic rings. The van der Waals surface area contributed by atoms with Crippen LogP contribution in [0.5, 0.6) is 5.75 Å². The van der Waals surface area contributed by atoms with Crippen molar-refractivity contribution in [2.24, 2.45) is 0 Å². The maximum Gasteiger partial charge on any atom is 0.270 e. The zero-order valence-electron chi connectivity index (χ0n) is 12.1. The first kappa shape index (κ1) is 16.2. The number of nitro benzene ring substituents is 1. The molecule has 3 rings (SSSR count). The van der Waals surface area contributed by atoms with Crippen LogP contribution in [0.15, 0.2) is 53.4 Å². The largest absolute Gasteiger partial charge is 0.508 e. The average molecular weight is 358 g/mol. The number of hydrogen-bond acceptors (Lipinski definition) is 6. The van der Waals surface area contributed by atoms with E-state index in [-0.39, 0.29) is 17.3 Å². The first-order valence-corrected chi connectivity index (χ1v) is 7.99. The molecule has 0 unspecified atom stereocenters. The second kappa shape index (κ2) is 6.42. The van der Waals surface area contributed by atoms with Gasteiger partial charge in [0.25, 0.3) is 11.6 Å². The highest BCUT2D eigenvalue weighted by Gasteiger charge is 2.33. The molecular formula is C16H10N2O4S2. The fraction of sp³-hybridized carbons (Fsp3) is 0. The maximum absolute atomic E-state index is 12.6. The highest BCUT2D eigenvalue weighted by Crippen LogP contribution is 2.36. The van der Waals surface area contributed by atoms with E-state index in [1.54, 1.807) is 30.3 Å². The maximum atomic E-state index is 12.6. The predicted molar refractivity (Wildman–Crippen MR) is 96.9 cm³/mol. The van der Waals surface area contributed by atoms with Crippen molar-refractivity contribution in [3.63, 3.8) is 0 Å². The minimum Gasteiger partial charge on any atom is -0.508 e. The molecule has 120 valence electrons. The summed E-state index contributed by atoms with van der Waals surface area (Å²) in [6.07, 6.45) is 1.64. The summed E-state index contributed by atoms with van der Waals surface area (Å²) in [6.45, 7) is 0. The van der Waals surface area contributed by atoms with Crippen LogP contribution in [0.4, 0.5) is 11.4 Å². The lowest BCUT2D eigenvalue weighted by atomic mass is 10.2. The van der Waals surface area contributed by atoms with Gasteiger partial charge in [-0.1, -0.05) is 36.1 Å². The van der Waals surface area contributed by atoms with Crippen molar-refractivity contribution in [1.82, 2.24) is 0 Å². The molecule has 1 amide bonds. The summed E-state index contributed by atoms with van der Waals surface area (Å²) in [6, 6.07) is 12.1. The molecule has 8 heteroatoms. The Kier molecular flexibility index (Phi) is 4.32. The van der Waals surface area contributed by atoms with Gasteiger partial charge in [-0.25, -0.2) is 0 Å². The summed E-state index contributed by atoms with van der Waals surface area (Å²) in [5.74, 6) is -0.197. The molecule has 0 radical (unpaired) electrons. The molecule has 1 aliphatic heterocycles. The number of nitro groups is 1. The van der Waals surface area contributed by atoms with Crippen LogP contribution in [0.2, 0.25) is 0 Å². The summed E-state index contributed by atoms with van der Waals surface area (Å²) in [7, 11) is 0. The van der Waals surface area contributed by atoms with Crippen molar-refractivity contribution in [2.75, 3.05) is 4.90 Å². The average Bonchev–Trinajstić information content (AvgIpc) is 2.81. The number of amides is 1. The molecule has 0 spiro atoms. The van der Waals surface area contributed by atoms with E-state index in [1.165, 1.54) is 29.2 Å². The number of aromatic hydroxyl groups is 1.